The number of hydrogen-bond donors (Lipinski definition) is 2. The van der Waals surface area contributed by atoms with E-state index >= 15 is 0 Å². The van der Waals surface area contributed by atoms with Gasteiger partial charge in [0.1, 0.15) is 0 Å². The summed E-state index contributed by atoms with van der Waals surface area (Å²) >= 11 is 3.30. The molecule has 0 heterocycles. The highest BCUT2D eigenvalue weighted by Gasteiger charge is 2.28. The van der Waals surface area contributed by atoms with Crippen molar-refractivity contribution in [2.24, 2.45) is 5.92 Å². The third-order valence-corrected chi connectivity index (χ3v) is 3.95. The van der Waals surface area contributed by atoms with Crippen LogP contribution in [0.4, 0.5) is 5.69 Å². The molecule has 1 aromatic carbocycles. The van der Waals surface area contributed by atoms with Crippen molar-refractivity contribution < 1.29 is 4.79 Å². The summed E-state index contributed by atoms with van der Waals surface area (Å²) in [6.45, 7) is 0. The molecule has 1 saturated carbocycles. The van der Waals surface area contributed by atoms with Crippen molar-refractivity contribution >= 4 is 27.5 Å². The summed E-state index contributed by atoms with van der Waals surface area (Å²) in [6.07, 6.45) is 2.74. The number of anilines is 1. The minimum absolute atomic E-state index is 0.0289. The van der Waals surface area contributed by atoms with Crippen LogP contribution in [0.3, 0.4) is 0 Å². The number of nitrogen functional groups attached to an aromatic ring is 1. The van der Waals surface area contributed by atoms with E-state index in [1.807, 2.05) is 0 Å². The van der Waals surface area contributed by atoms with Crippen molar-refractivity contribution in [3.05, 3.63) is 28.2 Å². The topological polar surface area (TPSA) is 78.9 Å². The molecule has 5 heteroatoms. The van der Waals surface area contributed by atoms with Crippen LogP contribution in [-0.2, 0) is 0 Å². The minimum Gasteiger partial charge on any atom is -0.398 e. The highest BCUT2D eigenvalue weighted by Crippen LogP contribution is 2.26. The molecule has 94 valence electrons. The van der Waals surface area contributed by atoms with Gasteiger partial charge in [-0.05, 0) is 53.4 Å². The molecular formula is C13H14BrN3O. The standard InChI is InChI=1S/C13H14BrN3O/c14-10-6-8(4-5-11(10)16)13(18)17-12-3-1-2-9(12)7-15/h4-6,9,12H,1-3,16H2,(H,17,18). The third kappa shape index (κ3) is 2.65. The second-order valence-electron chi connectivity index (χ2n) is 4.48. The van der Waals surface area contributed by atoms with Crippen LogP contribution in [0.2, 0.25) is 0 Å². The number of carbonyl (C=O) groups is 1. The predicted octanol–water partition coefficient (Wildman–Crippen LogP) is 2.45. The summed E-state index contributed by atoms with van der Waals surface area (Å²) in [4.78, 5) is 12.0. The van der Waals surface area contributed by atoms with Crippen molar-refractivity contribution in [3.63, 3.8) is 0 Å². The largest absolute Gasteiger partial charge is 0.398 e. The molecule has 1 amide bonds. The Morgan fingerprint density at radius 2 is 2.28 bits per heavy atom. The fraction of sp³-hybridized carbons (Fsp3) is 0.385. The number of amides is 1. The van der Waals surface area contributed by atoms with Crippen LogP contribution in [0.25, 0.3) is 0 Å². The van der Waals surface area contributed by atoms with E-state index in [1.54, 1.807) is 18.2 Å². The highest BCUT2D eigenvalue weighted by molar-refractivity contribution is 9.10. The van der Waals surface area contributed by atoms with Crippen LogP contribution >= 0.6 is 15.9 Å². The van der Waals surface area contributed by atoms with Crippen LogP contribution in [0.1, 0.15) is 29.6 Å². The van der Waals surface area contributed by atoms with Gasteiger partial charge >= 0.3 is 0 Å². The maximum Gasteiger partial charge on any atom is 0.251 e. The molecule has 2 rings (SSSR count). The number of hydrogen-bond acceptors (Lipinski definition) is 3. The van der Waals surface area contributed by atoms with Crippen LogP contribution in [0.15, 0.2) is 22.7 Å². The summed E-state index contributed by atoms with van der Waals surface area (Å²) < 4.78 is 0.707. The average molecular weight is 308 g/mol. The van der Waals surface area contributed by atoms with E-state index in [9.17, 15) is 4.79 Å². The van der Waals surface area contributed by atoms with Gasteiger partial charge in [0.05, 0.1) is 12.0 Å². The molecule has 1 fully saturated rings. The first kappa shape index (κ1) is 12.9. The lowest BCUT2D eigenvalue weighted by molar-refractivity contribution is 0.0933. The first-order valence-electron chi connectivity index (χ1n) is 5.87. The van der Waals surface area contributed by atoms with Gasteiger partial charge in [-0.2, -0.15) is 5.26 Å². The SMILES string of the molecule is N#CC1CCCC1NC(=O)c1ccc(N)c(Br)c1. The number of carbonyl (C=O) groups excluding carboxylic acids is 1. The number of benzene rings is 1. The Morgan fingerprint density at radius 3 is 2.94 bits per heavy atom. The van der Waals surface area contributed by atoms with Crippen molar-refractivity contribution in [1.29, 1.82) is 5.26 Å². The Balaban J connectivity index is 2.08. The van der Waals surface area contributed by atoms with E-state index in [-0.39, 0.29) is 17.9 Å². The predicted molar refractivity (Wildman–Crippen MR) is 72.8 cm³/mol. The zero-order chi connectivity index (χ0) is 13.1. The van der Waals surface area contributed by atoms with Crippen LogP contribution in [0, 0.1) is 17.2 Å². The van der Waals surface area contributed by atoms with Gasteiger partial charge < -0.3 is 11.1 Å². The lowest BCUT2D eigenvalue weighted by Gasteiger charge is -2.15. The Kier molecular flexibility index (Phi) is 3.87. The smallest absolute Gasteiger partial charge is 0.251 e. The van der Waals surface area contributed by atoms with Gasteiger partial charge in [-0.1, -0.05) is 0 Å². The van der Waals surface area contributed by atoms with Gasteiger partial charge in [0.2, 0.25) is 0 Å². The zero-order valence-corrected chi connectivity index (χ0v) is 11.4. The van der Waals surface area contributed by atoms with Gasteiger partial charge in [-0.25, -0.2) is 0 Å². The number of halogens is 1. The molecule has 0 bridgehead atoms. The van der Waals surface area contributed by atoms with Gasteiger partial charge in [-0.3, -0.25) is 4.79 Å². The molecule has 1 aliphatic carbocycles. The molecule has 1 aromatic rings. The fourth-order valence-electron chi connectivity index (χ4n) is 2.21. The van der Waals surface area contributed by atoms with E-state index in [0.29, 0.717) is 15.7 Å². The summed E-state index contributed by atoms with van der Waals surface area (Å²) in [5, 5.41) is 11.9. The fourth-order valence-corrected chi connectivity index (χ4v) is 2.59. The summed E-state index contributed by atoms with van der Waals surface area (Å²) in [5.74, 6) is -0.214. The quantitative estimate of drug-likeness (QED) is 0.824. The molecule has 0 aromatic heterocycles. The van der Waals surface area contributed by atoms with Crippen molar-refractivity contribution in [1.82, 2.24) is 5.32 Å². The first-order valence-corrected chi connectivity index (χ1v) is 6.66. The van der Waals surface area contributed by atoms with E-state index in [0.717, 1.165) is 19.3 Å². The molecule has 0 aliphatic heterocycles. The Morgan fingerprint density at radius 1 is 1.50 bits per heavy atom. The second kappa shape index (κ2) is 5.40. The summed E-state index contributed by atoms with van der Waals surface area (Å²) in [7, 11) is 0. The van der Waals surface area contributed by atoms with Crippen molar-refractivity contribution in [3.8, 4) is 6.07 Å². The maximum atomic E-state index is 12.0. The monoisotopic (exact) mass is 307 g/mol. The van der Waals surface area contributed by atoms with Crippen LogP contribution in [0.5, 0.6) is 0 Å². The molecule has 0 spiro atoms. The van der Waals surface area contributed by atoms with Gasteiger partial charge in [0.15, 0.2) is 0 Å². The molecule has 0 saturated heterocycles. The Labute approximate surface area is 114 Å². The number of nitrogens with one attached hydrogen (secondary N) is 1. The number of nitrogens with two attached hydrogens (primary N) is 1. The van der Waals surface area contributed by atoms with Gasteiger partial charge in [0, 0.05) is 21.8 Å². The van der Waals surface area contributed by atoms with Gasteiger partial charge in [0.25, 0.3) is 5.91 Å². The van der Waals surface area contributed by atoms with Gasteiger partial charge in [-0.15, -0.1) is 0 Å². The van der Waals surface area contributed by atoms with Crippen LogP contribution in [-0.4, -0.2) is 11.9 Å². The van der Waals surface area contributed by atoms with E-state index < -0.39 is 0 Å². The molecule has 2 unspecified atom stereocenters. The summed E-state index contributed by atoms with van der Waals surface area (Å²) in [6, 6.07) is 7.29. The molecule has 1 aliphatic rings. The molecule has 3 N–H and O–H groups in total. The number of nitrogens with zero attached hydrogens (tertiary/aromatic N) is 1. The maximum absolute atomic E-state index is 12.0. The molecule has 2 atom stereocenters. The third-order valence-electron chi connectivity index (χ3n) is 3.26. The lowest BCUT2D eigenvalue weighted by atomic mass is 10.1. The molecule has 0 radical (unpaired) electrons. The number of rotatable bonds is 2. The first-order chi connectivity index (χ1) is 8.61. The van der Waals surface area contributed by atoms with E-state index in [1.165, 1.54) is 0 Å². The Bertz CT molecular complexity index is 509. The highest BCUT2D eigenvalue weighted by atomic mass is 79.9. The number of nitriles is 1. The van der Waals surface area contributed by atoms with E-state index in [2.05, 4.69) is 27.3 Å². The average Bonchev–Trinajstić information content (AvgIpc) is 2.79. The molecule has 18 heavy (non-hydrogen) atoms. The lowest BCUT2D eigenvalue weighted by Crippen LogP contribution is -2.36. The summed E-state index contributed by atoms with van der Waals surface area (Å²) in [5.41, 5.74) is 6.83. The molecular weight excluding hydrogens is 294 g/mol. The molecule has 4 nitrogen and oxygen atoms in total. The van der Waals surface area contributed by atoms with Crippen molar-refractivity contribution in [2.45, 2.75) is 25.3 Å². The Hall–Kier alpha value is -1.54. The van der Waals surface area contributed by atoms with Crippen molar-refractivity contribution in [2.75, 3.05) is 5.73 Å². The minimum atomic E-state index is -0.150. The second-order valence-corrected chi connectivity index (χ2v) is 5.34. The van der Waals surface area contributed by atoms with Crippen LogP contribution < -0.4 is 11.1 Å². The van der Waals surface area contributed by atoms with E-state index in [4.69, 9.17) is 11.0 Å². The normalized spacial score (nSPS) is 22.4. The zero-order valence-electron chi connectivity index (χ0n) is 9.82.